The van der Waals surface area contributed by atoms with Crippen molar-refractivity contribution in [1.29, 1.82) is 0 Å². The molecular weight excluding hydrogens is 194 g/mol. The number of phosphoric ester groups is 1. The fourth-order valence-electron chi connectivity index (χ4n) is 1.09. The van der Waals surface area contributed by atoms with E-state index in [1.807, 2.05) is 0 Å². The highest BCUT2D eigenvalue weighted by Gasteiger charge is 2.26. The predicted molar refractivity (Wildman–Crippen MR) is 46.4 cm³/mol. The van der Waals surface area contributed by atoms with Crippen molar-refractivity contribution in [2.75, 3.05) is 13.7 Å². The Labute approximate surface area is 78.4 Å². The Balaban J connectivity index is 2.23. The zero-order valence-electron chi connectivity index (χ0n) is 7.38. The van der Waals surface area contributed by atoms with Crippen LogP contribution < -0.4 is 0 Å². The Morgan fingerprint density at radius 1 is 1.69 bits per heavy atom. The van der Waals surface area contributed by atoms with Crippen LogP contribution in [0.4, 0.5) is 0 Å². The van der Waals surface area contributed by atoms with Gasteiger partial charge in [0.2, 0.25) is 0 Å². The maximum absolute atomic E-state index is 10.8. The monoisotopic (exact) mass is 206 g/mol. The Kier molecular flexibility index (Phi) is 3.95. The van der Waals surface area contributed by atoms with E-state index < -0.39 is 7.82 Å². The molecule has 0 bridgehead atoms. The molecule has 2 radical (unpaired) electrons. The van der Waals surface area contributed by atoms with E-state index in [4.69, 9.17) is 17.5 Å². The Morgan fingerprint density at radius 3 is 2.85 bits per heavy atom. The molecule has 0 saturated carbocycles. The minimum atomic E-state index is -3.87. The molecule has 1 N–H and O–H groups in total. The minimum Gasteiger partial charge on any atom is -0.382 e. The maximum Gasteiger partial charge on any atom is 0.472 e. The topological polar surface area (TPSA) is 65.0 Å². The second-order valence-electron chi connectivity index (χ2n) is 2.82. The lowest BCUT2D eigenvalue weighted by Crippen LogP contribution is -2.16. The molecule has 5 nitrogen and oxygen atoms in total. The first-order valence-corrected chi connectivity index (χ1v) is 5.47. The predicted octanol–water partition coefficient (Wildman–Crippen LogP) is 0.423. The van der Waals surface area contributed by atoms with Gasteiger partial charge in [-0.05, 0) is 12.8 Å². The van der Waals surface area contributed by atoms with Crippen molar-refractivity contribution in [3.8, 4) is 0 Å². The second-order valence-corrected chi connectivity index (χ2v) is 4.38. The molecule has 0 spiro atoms. The van der Waals surface area contributed by atoms with E-state index in [1.54, 1.807) is 0 Å². The van der Waals surface area contributed by atoms with Gasteiger partial charge in [-0.2, -0.15) is 0 Å². The largest absolute Gasteiger partial charge is 0.472 e. The summed E-state index contributed by atoms with van der Waals surface area (Å²) in [5.41, 5.74) is 0. The molecular formula is C6H12BO5P. The molecule has 0 aromatic heterocycles. The van der Waals surface area contributed by atoms with Gasteiger partial charge in [0.15, 0.2) is 0 Å². The first kappa shape index (κ1) is 11.2. The number of phosphoric acid groups is 1. The number of hydrogen-bond acceptors (Lipinski definition) is 4. The van der Waals surface area contributed by atoms with Gasteiger partial charge in [-0.1, -0.05) is 0 Å². The van der Waals surface area contributed by atoms with Crippen LogP contribution in [-0.2, 0) is 18.3 Å². The summed E-state index contributed by atoms with van der Waals surface area (Å²) in [6.07, 6.45) is 1.28. The SMILES string of the molecule is [B]C1CCC(COP(=O)(O)OC)O1. The summed E-state index contributed by atoms with van der Waals surface area (Å²) >= 11 is 0. The summed E-state index contributed by atoms with van der Waals surface area (Å²) in [6, 6.07) is -0.283. The lowest BCUT2D eigenvalue weighted by molar-refractivity contribution is 0.0379. The van der Waals surface area contributed by atoms with Gasteiger partial charge in [0, 0.05) is 13.1 Å². The zero-order chi connectivity index (χ0) is 9.90. The number of rotatable bonds is 4. The fourth-order valence-corrected chi connectivity index (χ4v) is 1.55. The molecule has 0 aliphatic carbocycles. The lowest BCUT2D eigenvalue weighted by atomic mass is 9.97. The third-order valence-corrected chi connectivity index (χ3v) is 2.73. The highest BCUT2D eigenvalue weighted by Crippen LogP contribution is 2.42. The van der Waals surface area contributed by atoms with E-state index in [-0.39, 0.29) is 18.7 Å². The summed E-state index contributed by atoms with van der Waals surface area (Å²) in [5.74, 6) is 0. The van der Waals surface area contributed by atoms with E-state index in [2.05, 4.69) is 9.05 Å². The van der Waals surface area contributed by atoms with Crippen LogP contribution in [0, 0.1) is 0 Å². The normalized spacial score (nSPS) is 33.1. The lowest BCUT2D eigenvalue weighted by Gasteiger charge is -2.13. The van der Waals surface area contributed by atoms with Crippen molar-refractivity contribution in [3.63, 3.8) is 0 Å². The van der Waals surface area contributed by atoms with E-state index in [0.717, 1.165) is 20.0 Å². The molecule has 1 fully saturated rings. The van der Waals surface area contributed by atoms with E-state index in [0.29, 0.717) is 0 Å². The molecule has 1 heterocycles. The van der Waals surface area contributed by atoms with Crippen molar-refractivity contribution in [2.24, 2.45) is 0 Å². The molecule has 0 aromatic carbocycles. The molecule has 1 rings (SSSR count). The van der Waals surface area contributed by atoms with Crippen molar-refractivity contribution >= 4 is 15.7 Å². The molecule has 3 atom stereocenters. The van der Waals surface area contributed by atoms with E-state index in [9.17, 15) is 4.57 Å². The Morgan fingerprint density at radius 2 is 2.38 bits per heavy atom. The summed E-state index contributed by atoms with van der Waals surface area (Å²) in [7, 11) is 2.70. The van der Waals surface area contributed by atoms with Crippen LogP contribution in [0.5, 0.6) is 0 Å². The van der Waals surface area contributed by atoms with Crippen LogP contribution in [0.3, 0.4) is 0 Å². The summed E-state index contributed by atoms with van der Waals surface area (Å²) < 4.78 is 24.9. The van der Waals surface area contributed by atoms with Gasteiger partial charge >= 0.3 is 7.82 Å². The smallest absolute Gasteiger partial charge is 0.382 e. The number of ether oxygens (including phenoxy) is 1. The highest BCUT2D eigenvalue weighted by molar-refractivity contribution is 7.47. The highest BCUT2D eigenvalue weighted by atomic mass is 31.2. The first-order valence-electron chi connectivity index (χ1n) is 3.97. The molecule has 1 aliphatic heterocycles. The molecule has 7 heteroatoms. The van der Waals surface area contributed by atoms with Gasteiger partial charge in [-0.15, -0.1) is 0 Å². The molecule has 3 unspecified atom stereocenters. The van der Waals surface area contributed by atoms with Crippen LogP contribution in [-0.4, -0.2) is 38.6 Å². The van der Waals surface area contributed by atoms with Gasteiger partial charge in [0.1, 0.15) is 7.85 Å². The summed E-state index contributed by atoms with van der Waals surface area (Å²) in [5, 5.41) is 0. The second kappa shape index (κ2) is 4.57. The average Bonchev–Trinajstić information content (AvgIpc) is 2.48. The molecule has 74 valence electrons. The zero-order valence-corrected chi connectivity index (χ0v) is 8.28. The van der Waals surface area contributed by atoms with Gasteiger partial charge < -0.3 is 9.63 Å². The van der Waals surface area contributed by atoms with Crippen LogP contribution in [0.25, 0.3) is 0 Å². The molecule has 0 amide bonds. The van der Waals surface area contributed by atoms with Crippen molar-refractivity contribution in [1.82, 2.24) is 0 Å². The van der Waals surface area contributed by atoms with Gasteiger partial charge in [0.25, 0.3) is 0 Å². The van der Waals surface area contributed by atoms with Crippen LogP contribution >= 0.6 is 7.82 Å². The van der Waals surface area contributed by atoms with Gasteiger partial charge in [-0.3, -0.25) is 9.05 Å². The Hall–Kier alpha value is 0.135. The van der Waals surface area contributed by atoms with Crippen molar-refractivity contribution in [3.05, 3.63) is 0 Å². The van der Waals surface area contributed by atoms with E-state index in [1.165, 1.54) is 0 Å². The van der Waals surface area contributed by atoms with Gasteiger partial charge in [-0.25, -0.2) is 4.57 Å². The van der Waals surface area contributed by atoms with Crippen molar-refractivity contribution < 1.29 is 23.2 Å². The average molecular weight is 206 g/mol. The molecule has 1 saturated heterocycles. The molecule has 0 aromatic rings. The van der Waals surface area contributed by atoms with E-state index >= 15 is 0 Å². The quantitative estimate of drug-likeness (QED) is 0.533. The maximum atomic E-state index is 10.8. The molecule has 1 aliphatic rings. The first-order chi connectivity index (χ1) is 6.03. The van der Waals surface area contributed by atoms with Crippen LogP contribution in [0.15, 0.2) is 0 Å². The minimum absolute atomic E-state index is 0.0370. The number of hydrogen-bond donors (Lipinski definition) is 1. The van der Waals surface area contributed by atoms with Crippen molar-refractivity contribution in [2.45, 2.75) is 24.9 Å². The van der Waals surface area contributed by atoms with Crippen LogP contribution in [0.2, 0.25) is 0 Å². The third-order valence-electron chi connectivity index (χ3n) is 1.79. The third kappa shape index (κ3) is 3.79. The summed E-state index contributed by atoms with van der Waals surface area (Å²) in [4.78, 5) is 8.87. The Bertz CT molecular complexity index is 211. The molecule has 13 heavy (non-hydrogen) atoms. The fraction of sp³-hybridized carbons (Fsp3) is 1.00. The summed E-state index contributed by atoms with van der Waals surface area (Å²) in [6.45, 7) is 0.0370. The van der Waals surface area contributed by atoms with Gasteiger partial charge in [0.05, 0.1) is 12.7 Å². The van der Waals surface area contributed by atoms with Crippen LogP contribution in [0.1, 0.15) is 12.8 Å². The standard InChI is InChI=1S/C6H12BO5P/c1-10-13(8,9)11-4-5-2-3-6(7)12-5/h5-6H,2-4H2,1H3,(H,8,9).